The minimum absolute atomic E-state index is 0.395. The van der Waals surface area contributed by atoms with Gasteiger partial charge >= 0.3 is 6.03 Å². The predicted molar refractivity (Wildman–Crippen MR) is 82.3 cm³/mol. The average molecular weight is 285 g/mol. The summed E-state index contributed by atoms with van der Waals surface area (Å²) in [5.41, 5.74) is 10.8. The number of urea groups is 1. The van der Waals surface area contributed by atoms with Gasteiger partial charge in [-0.15, -0.1) is 0 Å². The maximum absolute atomic E-state index is 11.4. The summed E-state index contributed by atoms with van der Waals surface area (Å²) in [6.45, 7) is 3.40. The number of carbonyl (C=O) groups excluding carboxylic acids is 1. The first-order valence-electron chi connectivity index (χ1n) is 6.97. The van der Waals surface area contributed by atoms with E-state index in [2.05, 4.69) is 16.5 Å². The van der Waals surface area contributed by atoms with Crippen LogP contribution in [0, 0.1) is 6.92 Å². The molecule has 21 heavy (non-hydrogen) atoms. The van der Waals surface area contributed by atoms with Gasteiger partial charge in [-0.05, 0) is 36.6 Å². The molecule has 0 unspecified atom stereocenters. The van der Waals surface area contributed by atoms with Gasteiger partial charge in [0.15, 0.2) is 0 Å². The third-order valence-electron chi connectivity index (χ3n) is 3.98. The highest BCUT2D eigenvalue weighted by Crippen LogP contribution is 2.30. The summed E-state index contributed by atoms with van der Waals surface area (Å²) < 4.78 is 1.87. The van der Waals surface area contributed by atoms with Crippen LogP contribution in [0.15, 0.2) is 24.4 Å². The number of primary amides is 1. The van der Waals surface area contributed by atoms with Crippen molar-refractivity contribution in [2.75, 3.05) is 16.8 Å². The Morgan fingerprint density at radius 2 is 2.29 bits per heavy atom. The number of amides is 2. The van der Waals surface area contributed by atoms with E-state index in [1.54, 1.807) is 4.90 Å². The second-order valence-corrected chi connectivity index (χ2v) is 5.33. The molecule has 2 aromatic rings. The molecule has 110 valence electrons. The average Bonchev–Trinajstić information content (AvgIpc) is 3.01. The Bertz CT molecular complexity index is 672. The van der Waals surface area contributed by atoms with Crippen LogP contribution in [0.3, 0.4) is 0 Å². The first-order valence-corrected chi connectivity index (χ1v) is 6.97. The molecule has 3 rings (SSSR count). The van der Waals surface area contributed by atoms with E-state index in [1.807, 2.05) is 37.0 Å². The molecule has 6 heteroatoms. The number of anilines is 2. The summed E-state index contributed by atoms with van der Waals surface area (Å²) in [6, 6.07) is 5.68. The molecule has 0 saturated heterocycles. The molecule has 0 aliphatic carbocycles. The summed E-state index contributed by atoms with van der Waals surface area (Å²) in [6.07, 6.45) is 2.72. The van der Waals surface area contributed by atoms with Crippen molar-refractivity contribution in [3.05, 3.63) is 41.2 Å². The van der Waals surface area contributed by atoms with Crippen molar-refractivity contribution in [1.29, 1.82) is 0 Å². The maximum Gasteiger partial charge on any atom is 0.319 e. The van der Waals surface area contributed by atoms with Gasteiger partial charge < -0.3 is 11.1 Å². The third kappa shape index (κ3) is 2.44. The number of rotatable bonds is 3. The fourth-order valence-corrected chi connectivity index (χ4v) is 2.73. The Hall–Kier alpha value is -2.50. The monoisotopic (exact) mass is 285 g/mol. The summed E-state index contributed by atoms with van der Waals surface area (Å²) in [7, 11) is 1.93. The van der Waals surface area contributed by atoms with Gasteiger partial charge in [0.1, 0.15) is 0 Å². The highest BCUT2D eigenvalue weighted by Gasteiger charge is 2.22. The quantitative estimate of drug-likeness (QED) is 0.902. The van der Waals surface area contributed by atoms with E-state index in [0.717, 1.165) is 34.6 Å². The number of benzene rings is 1. The van der Waals surface area contributed by atoms with Gasteiger partial charge in [-0.2, -0.15) is 5.10 Å². The van der Waals surface area contributed by atoms with Crippen molar-refractivity contribution in [1.82, 2.24) is 9.78 Å². The van der Waals surface area contributed by atoms with Gasteiger partial charge in [0, 0.05) is 19.3 Å². The molecular weight excluding hydrogens is 266 g/mol. The maximum atomic E-state index is 11.4. The summed E-state index contributed by atoms with van der Waals surface area (Å²) in [5.74, 6) is 0. The number of hydrogen-bond acceptors (Lipinski definition) is 3. The standard InChI is InChI=1S/C15H19N5O/c1-10-8-18-19(2)14(10)9-17-12-4-3-11-5-6-20(15(16)21)13(11)7-12/h3-4,7-8,17H,5-6,9H2,1-2H3,(H2,16,21). The minimum atomic E-state index is -0.395. The van der Waals surface area contributed by atoms with Gasteiger partial charge in [0.05, 0.1) is 24.1 Å². The normalized spacial score (nSPS) is 13.3. The van der Waals surface area contributed by atoms with E-state index in [4.69, 9.17) is 5.73 Å². The molecule has 0 bridgehead atoms. The minimum Gasteiger partial charge on any atom is -0.379 e. The first-order chi connectivity index (χ1) is 10.1. The number of carbonyl (C=O) groups is 1. The van der Waals surface area contributed by atoms with Crippen molar-refractivity contribution in [3.8, 4) is 0 Å². The zero-order chi connectivity index (χ0) is 15.0. The predicted octanol–water partition coefficient (Wildman–Crippen LogP) is 1.78. The van der Waals surface area contributed by atoms with Crippen LogP contribution in [0.4, 0.5) is 16.2 Å². The van der Waals surface area contributed by atoms with Crippen LogP contribution in [-0.2, 0) is 20.0 Å². The van der Waals surface area contributed by atoms with Gasteiger partial charge in [-0.1, -0.05) is 6.07 Å². The van der Waals surface area contributed by atoms with Crippen LogP contribution in [0.25, 0.3) is 0 Å². The zero-order valence-electron chi connectivity index (χ0n) is 12.3. The first kappa shape index (κ1) is 13.5. The summed E-state index contributed by atoms with van der Waals surface area (Å²) >= 11 is 0. The summed E-state index contributed by atoms with van der Waals surface area (Å²) in [4.78, 5) is 13.0. The van der Waals surface area contributed by atoms with Gasteiger partial charge in [0.2, 0.25) is 0 Å². The zero-order valence-corrected chi connectivity index (χ0v) is 12.3. The van der Waals surface area contributed by atoms with Gasteiger partial charge in [0.25, 0.3) is 0 Å². The molecule has 1 aliphatic heterocycles. The smallest absolute Gasteiger partial charge is 0.319 e. The van der Waals surface area contributed by atoms with Crippen molar-refractivity contribution in [2.45, 2.75) is 19.9 Å². The molecule has 0 atom stereocenters. The fraction of sp³-hybridized carbons (Fsp3) is 0.333. The highest BCUT2D eigenvalue weighted by atomic mass is 16.2. The lowest BCUT2D eigenvalue weighted by molar-refractivity contribution is 0.254. The molecule has 1 aliphatic rings. The Morgan fingerprint density at radius 3 is 2.95 bits per heavy atom. The van der Waals surface area contributed by atoms with Crippen LogP contribution < -0.4 is 16.0 Å². The number of fused-ring (bicyclic) bond motifs is 1. The molecule has 2 heterocycles. The van der Waals surface area contributed by atoms with Gasteiger partial charge in [-0.3, -0.25) is 9.58 Å². The molecule has 1 aromatic heterocycles. The molecule has 0 saturated carbocycles. The van der Waals surface area contributed by atoms with Crippen LogP contribution in [0.5, 0.6) is 0 Å². The molecule has 0 spiro atoms. The lowest BCUT2D eigenvalue weighted by Gasteiger charge is -2.15. The number of hydrogen-bond donors (Lipinski definition) is 2. The second kappa shape index (κ2) is 5.12. The molecule has 3 N–H and O–H groups in total. The van der Waals surface area contributed by atoms with Crippen molar-refractivity contribution < 1.29 is 4.79 Å². The Kier molecular flexibility index (Phi) is 3.29. The third-order valence-corrected chi connectivity index (χ3v) is 3.98. The molecule has 0 radical (unpaired) electrons. The Labute approximate surface area is 123 Å². The number of nitrogens with zero attached hydrogens (tertiary/aromatic N) is 3. The highest BCUT2D eigenvalue weighted by molar-refractivity contribution is 5.93. The van der Waals surface area contributed by atoms with Crippen LogP contribution >= 0.6 is 0 Å². The van der Waals surface area contributed by atoms with Crippen LogP contribution in [0.2, 0.25) is 0 Å². The van der Waals surface area contributed by atoms with Crippen molar-refractivity contribution in [3.63, 3.8) is 0 Å². The number of nitrogens with two attached hydrogens (primary N) is 1. The largest absolute Gasteiger partial charge is 0.379 e. The lowest BCUT2D eigenvalue weighted by Crippen LogP contribution is -2.33. The number of aryl methyl sites for hydroxylation is 2. The second-order valence-electron chi connectivity index (χ2n) is 5.33. The van der Waals surface area contributed by atoms with Crippen molar-refractivity contribution >= 4 is 17.4 Å². The van der Waals surface area contributed by atoms with Crippen molar-refractivity contribution in [2.24, 2.45) is 12.8 Å². The number of nitrogens with one attached hydrogen (secondary N) is 1. The lowest BCUT2D eigenvalue weighted by atomic mass is 10.1. The van der Waals surface area contributed by atoms with Crippen LogP contribution in [0.1, 0.15) is 16.8 Å². The van der Waals surface area contributed by atoms with E-state index < -0.39 is 6.03 Å². The van der Waals surface area contributed by atoms with E-state index in [-0.39, 0.29) is 0 Å². The SMILES string of the molecule is Cc1cnn(C)c1CNc1ccc2c(c1)N(C(N)=O)CC2. The number of aromatic nitrogens is 2. The molecule has 6 nitrogen and oxygen atoms in total. The summed E-state index contributed by atoms with van der Waals surface area (Å²) in [5, 5.41) is 7.61. The topological polar surface area (TPSA) is 76.2 Å². The fourth-order valence-electron chi connectivity index (χ4n) is 2.73. The van der Waals surface area contributed by atoms with E-state index in [0.29, 0.717) is 13.1 Å². The Balaban J connectivity index is 1.79. The van der Waals surface area contributed by atoms with E-state index in [9.17, 15) is 4.79 Å². The molecule has 2 amide bonds. The van der Waals surface area contributed by atoms with Crippen LogP contribution in [-0.4, -0.2) is 22.4 Å². The molecule has 0 fully saturated rings. The van der Waals surface area contributed by atoms with Gasteiger partial charge in [-0.25, -0.2) is 4.79 Å². The Morgan fingerprint density at radius 1 is 1.48 bits per heavy atom. The van der Waals surface area contributed by atoms with E-state index in [1.165, 1.54) is 0 Å². The molecule has 1 aromatic carbocycles. The van der Waals surface area contributed by atoms with E-state index >= 15 is 0 Å². The molecular formula is C15H19N5O.